The van der Waals surface area contributed by atoms with Crippen LogP contribution >= 0.6 is 0 Å². The van der Waals surface area contributed by atoms with Crippen molar-refractivity contribution in [2.24, 2.45) is 5.10 Å². The lowest BCUT2D eigenvalue weighted by atomic mass is 10.2. The first-order valence-electron chi connectivity index (χ1n) is 6.03. The van der Waals surface area contributed by atoms with Crippen molar-refractivity contribution in [3.05, 3.63) is 64.2 Å². The molecule has 2 rings (SSSR count). The Morgan fingerprint density at radius 2 is 1.86 bits per heavy atom. The SMILES string of the molecule is Nc1ccc(S(=O)(=O)N/N=C\c2cccc([N+](=O)[O-])c2)cc1. The molecule has 0 unspecified atom stereocenters. The molecule has 0 bridgehead atoms. The van der Waals surface area contributed by atoms with E-state index in [2.05, 4.69) is 5.10 Å². The highest BCUT2D eigenvalue weighted by molar-refractivity contribution is 7.89. The maximum absolute atomic E-state index is 11.9. The molecule has 8 nitrogen and oxygen atoms in total. The fourth-order valence-electron chi connectivity index (χ4n) is 1.59. The van der Waals surface area contributed by atoms with Gasteiger partial charge in [0.25, 0.3) is 15.7 Å². The Morgan fingerprint density at radius 1 is 1.18 bits per heavy atom. The van der Waals surface area contributed by atoms with Crippen LogP contribution in [0.5, 0.6) is 0 Å². The minimum atomic E-state index is -3.81. The molecule has 114 valence electrons. The van der Waals surface area contributed by atoms with Gasteiger partial charge in [0.2, 0.25) is 0 Å². The van der Waals surface area contributed by atoms with Gasteiger partial charge < -0.3 is 5.73 Å². The lowest BCUT2D eigenvalue weighted by Gasteiger charge is -2.03. The monoisotopic (exact) mass is 320 g/mol. The number of non-ortho nitro benzene ring substituents is 1. The van der Waals surface area contributed by atoms with Gasteiger partial charge in [-0.2, -0.15) is 13.5 Å². The topological polar surface area (TPSA) is 128 Å². The highest BCUT2D eigenvalue weighted by Crippen LogP contribution is 2.12. The van der Waals surface area contributed by atoms with Gasteiger partial charge in [-0.3, -0.25) is 10.1 Å². The quantitative estimate of drug-likeness (QED) is 0.373. The van der Waals surface area contributed by atoms with E-state index >= 15 is 0 Å². The average molecular weight is 320 g/mol. The molecule has 0 heterocycles. The summed E-state index contributed by atoms with van der Waals surface area (Å²) in [6.07, 6.45) is 1.18. The van der Waals surface area contributed by atoms with Crippen LogP contribution in [0.1, 0.15) is 5.56 Å². The van der Waals surface area contributed by atoms with Gasteiger partial charge in [-0.05, 0) is 24.3 Å². The zero-order chi connectivity index (χ0) is 16.2. The molecular formula is C13H12N4O4S. The van der Waals surface area contributed by atoms with E-state index in [0.29, 0.717) is 11.3 Å². The zero-order valence-electron chi connectivity index (χ0n) is 11.2. The maximum Gasteiger partial charge on any atom is 0.276 e. The van der Waals surface area contributed by atoms with Crippen molar-refractivity contribution in [2.75, 3.05) is 5.73 Å². The van der Waals surface area contributed by atoms with Crippen LogP contribution < -0.4 is 10.6 Å². The van der Waals surface area contributed by atoms with Crippen molar-refractivity contribution in [2.45, 2.75) is 4.90 Å². The minimum absolute atomic E-state index is 0.0119. The number of nitrogens with one attached hydrogen (secondary N) is 1. The summed E-state index contributed by atoms with van der Waals surface area (Å²) in [6, 6.07) is 11.3. The van der Waals surface area contributed by atoms with Crippen LogP contribution in [0.25, 0.3) is 0 Å². The van der Waals surface area contributed by atoms with Gasteiger partial charge in [0.05, 0.1) is 16.0 Å². The van der Waals surface area contributed by atoms with E-state index in [4.69, 9.17) is 5.73 Å². The van der Waals surface area contributed by atoms with Crippen molar-refractivity contribution in [3.63, 3.8) is 0 Å². The third kappa shape index (κ3) is 3.79. The first-order valence-corrected chi connectivity index (χ1v) is 7.52. The van der Waals surface area contributed by atoms with Crippen LogP contribution in [0.2, 0.25) is 0 Å². The molecule has 0 aromatic heterocycles. The zero-order valence-corrected chi connectivity index (χ0v) is 12.0. The molecule has 0 atom stereocenters. The fourth-order valence-corrected chi connectivity index (χ4v) is 2.38. The lowest BCUT2D eigenvalue weighted by molar-refractivity contribution is -0.384. The van der Waals surface area contributed by atoms with Crippen molar-refractivity contribution in [3.8, 4) is 0 Å². The number of anilines is 1. The molecule has 2 aromatic carbocycles. The van der Waals surface area contributed by atoms with Gasteiger partial charge in [-0.25, -0.2) is 4.83 Å². The van der Waals surface area contributed by atoms with Gasteiger partial charge in [0.1, 0.15) is 0 Å². The van der Waals surface area contributed by atoms with Crippen LogP contribution in [0.3, 0.4) is 0 Å². The van der Waals surface area contributed by atoms with E-state index in [1.807, 2.05) is 4.83 Å². The van der Waals surface area contributed by atoms with E-state index in [1.54, 1.807) is 6.07 Å². The molecule has 0 saturated carbocycles. The Morgan fingerprint density at radius 3 is 2.50 bits per heavy atom. The summed E-state index contributed by atoms with van der Waals surface area (Å²) in [5, 5.41) is 14.2. The molecule has 0 amide bonds. The van der Waals surface area contributed by atoms with Crippen molar-refractivity contribution in [1.29, 1.82) is 0 Å². The second-order valence-corrected chi connectivity index (χ2v) is 5.93. The molecule has 9 heteroatoms. The minimum Gasteiger partial charge on any atom is -0.399 e. The summed E-state index contributed by atoms with van der Waals surface area (Å²) in [5.41, 5.74) is 6.22. The van der Waals surface area contributed by atoms with Gasteiger partial charge >= 0.3 is 0 Å². The van der Waals surface area contributed by atoms with E-state index in [9.17, 15) is 18.5 Å². The molecule has 3 N–H and O–H groups in total. The van der Waals surface area contributed by atoms with Crippen LogP contribution in [-0.2, 0) is 10.0 Å². The van der Waals surface area contributed by atoms with Crippen LogP contribution in [0.4, 0.5) is 11.4 Å². The Bertz CT molecular complexity index is 816. The molecule has 0 radical (unpaired) electrons. The second kappa shape index (κ2) is 6.22. The number of nitro benzene ring substituents is 1. The number of hydrazone groups is 1. The summed E-state index contributed by atoms with van der Waals surface area (Å²) in [7, 11) is -3.81. The van der Waals surface area contributed by atoms with Crippen LogP contribution in [0, 0.1) is 10.1 Å². The summed E-state index contributed by atoms with van der Waals surface area (Å²) in [4.78, 5) is 12.1. The normalized spacial score (nSPS) is 11.5. The van der Waals surface area contributed by atoms with E-state index in [1.165, 1.54) is 48.7 Å². The standard InChI is InChI=1S/C13H12N4O4S/c14-11-4-6-13(7-5-11)22(20,21)16-15-9-10-2-1-3-12(8-10)17(18)19/h1-9,16H,14H2/b15-9-. The van der Waals surface area contributed by atoms with Gasteiger partial charge in [-0.15, -0.1) is 0 Å². The highest BCUT2D eigenvalue weighted by Gasteiger charge is 2.12. The van der Waals surface area contributed by atoms with E-state index in [0.717, 1.165) is 0 Å². The summed E-state index contributed by atoms with van der Waals surface area (Å²) in [6.45, 7) is 0. The predicted molar refractivity (Wildman–Crippen MR) is 81.9 cm³/mol. The third-order valence-electron chi connectivity index (χ3n) is 2.66. The number of nitro groups is 1. The Kier molecular flexibility index (Phi) is 4.37. The maximum atomic E-state index is 11.9. The number of nitrogen functional groups attached to an aromatic ring is 1. The highest BCUT2D eigenvalue weighted by atomic mass is 32.2. The average Bonchev–Trinajstić information content (AvgIpc) is 2.48. The smallest absolute Gasteiger partial charge is 0.276 e. The van der Waals surface area contributed by atoms with Crippen LogP contribution in [-0.4, -0.2) is 19.6 Å². The molecule has 0 aliphatic carbocycles. The van der Waals surface area contributed by atoms with E-state index in [-0.39, 0.29) is 10.6 Å². The number of hydrogen-bond donors (Lipinski definition) is 2. The van der Waals surface area contributed by atoms with Crippen molar-refractivity contribution in [1.82, 2.24) is 4.83 Å². The number of rotatable bonds is 5. The number of nitrogens with zero attached hydrogens (tertiary/aromatic N) is 2. The first-order chi connectivity index (χ1) is 10.4. The molecule has 22 heavy (non-hydrogen) atoms. The number of hydrogen-bond acceptors (Lipinski definition) is 6. The van der Waals surface area contributed by atoms with E-state index < -0.39 is 14.9 Å². The predicted octanol–water partition coefficient (Wildman–Crippen LogP) is 1.49. The van der Waals surface area contributed by atoms with Crippen molar-refractivity contribution < 1.29 is 13.3 Å². The summed E-state index contributed by atoms with van der Waals surface area (Å²) in [5.74, 6) is 0. The molecule has 0 aliphatic heterocycles. The Balaban J connectivity index is 2.13. The number of nitrogens with two attached hydrogens (primary N) is 1. The molecule has 0 saturated heterocycles. The molecule has 0 fully saturated rings. The van der Waals surface area contributed by atoms with Crippen LogP contribution in [0.15, 0.2) is 58.5 Å². The second-order valence-electron chi connectivity index (χ2n) is 4.27. The summed E-state index contributed by atoms with van der Waals surface area (Å²) < 4.78 is 23.9. The third-order valence-corrected chi connectivity index (χ3v) is 3.90. The Labute approximate surface area is 126 Å². The first kappa shape index (κ1) is 15.4. The number of benzene rings is 2. The van der Waals surface area contributed by atoms with Crippen molar-refractivity contribution >= 4 is 27.6 Å². The summed E-state index contributed by atoms with van der Waals surface area (Å²) >= 11 is 0. The Hall–Kier alpha value is -2.94. The lowest BCUT2D eigenvalue weighted by Crippen LogP contribution is -2.18. The van der Waals surface area contributed by atoms with Gasteiger partial charge in [-0.1, -0.05) is 12.1 Å². The molecule has 0 aliphatic rings. The van der Waals surface area contributed by atoms with Gasteiger partial charge in [0, 0.05) is 23.4 Å². The fraction of sp³-hybridized carbons (Fsp3) is 0. The van der Waals surface area contributed by atoms with Gasteiger partial charge in [0.15, 0.2) is 0 Å². The number of sulfonamides is 1. The largest absolute Gasteiger partial charge is 0.399 e. The molecule has 0 spiro atoms. The molecular weight excluding hydrogens is 308 g/mol. The molecule has 2 aromatic rings.